The maximum Gasteiger partial charge on any atom is 0.261 e. The molecule has 6 nitrogen and oxygen atoms in total. The SMILES string of the molecule is CCN1C(=O)[C@H]2[C@H](ON(c3ccccc3)[C@@H]2c2ccc(OC)cc2)C1=O. The number of anilines is 1. The average Bonchev–Trinajstić information content (AvgIpc) is 3.19. The van der Waals surface area contributed by atoms with E-state index in [2.05, 4.69) is 0 Å². The van der Waals surface area contributed by atoms with Crippen LogP contribution >= 0.6 is 0 Å². The van der Waals surface area contributed by atoms with Gasteiger partial charge in [0.2, 0.25) is 5.91 Å². The molecular weight excluding hydrogens is 332 g/mol. The summed E-state index contributed by atoms with van der Waals surface area (Å²) in [7, 11) is 1.61. The summed E-state index contributed by atoms with van der Waals surface area (Å²) in [5, 5.41) is 1.69. The number of ether oxygens (including phenoxy) is 1. The number of carbonyl (C=O) groups is 2. The maximum atomic E-state index is 12.9. The van der Waals surface area contributed by atoms with Crippen LogP contribution in [0.3, 0.4) is 0 Å². The number of amides is 2. The lowest BCUT2D eigenvalue weighted by molar-refractivity contribution is -0.142. The number of hydroxylamine groups is 1. The molecule has 26 heavy (non-hydrogen) atoms. The van der Waals surface area contributed by atoms with Gasteiger partial charge in [-0.1, -0.05) is 30.3 Å². The van der Waals surface area contributed by atoms with Crippen molar-refractivity contribution in [3.63, 3.8) is 0 Å². The zero-order valence-corrected chi connectivity index (χ0v) is 14.7. The van der Waals surface area contributed by atoms with Gasteiger partial charge in [0.05, 0.1) is 18.8 Å². The van der Waals surface area contributed by atoms with Gasteiger partial charge in [-0.25, -0.2) is 5.06 Å². The van der Waals surface area contributed by atoms with Gasteiger partial charge in [0.1, 0.15) is 11.7 Å². The van der Waals surface area contributed by atoms with Crippen molar-refractivity contribution in [2.45, 2.75) is 19.1 Å². The summed E-state index contributed by atoms with van der Waals surface area (Å²) >= 11 is 0. The number of likely N-dealkylation sites (tertiary alicyclic amines) is 1. The van der Waals surface area contributed by atoms with Gasteiger partial charge >= 0.3 is 0 Å². The summed E-state index contributed by atoms with van der Waals surface area (Å²) in [6.45, 7) is 2.16. The molecule has 2 aliphatic heterocycles. The molecule has 2 saturated heterocycles. The first-order chi connectivity index (χ1) is 12.7. The number of hydrogen-bond acceptors (Lipinski definition) is 5. The van der Waals surface area contributed by atoms with Crippen LogP contribution < -0.4 is 9.80 Å². The number of imide groups is 1. The van der Waals surface area contributed by atoms with E-state index in [1.807, 2.05) is 54.6 Å². The lowest BCUT2D eigenvalue weighted by Crippen LogP contribution is -2.37. The topological polar surface area (TPSA) is 59.1 Å². The monoisotopic (exact) mass is 352 g/mol. The highest BCUT2D eigenvalue weighted by molar-refractivity contribution is 6.07. The normalized spacial score (nSPS) is 24.9. The molecule has 2 aliphatic rings. The Bertz CT molecular complexity index is 821. The van der Waals surface area contributed by atoms with Crippen molar-refractivity contribution in [2.75, 3.05) is 18.7 Å². The van der Waals surface area contributed by atoms with Crippen molar-refractivity contribution in [3.8, 4) is 5.75 Å². The fraction of sp³-hybridized carbons (Fsp3) is 0.300. The Morgan fingerprint density at radius 3 is 2.31 bits per heavy atom. The van der Waals surface area contributed by atoms with Crippen molar-refractivity contribution >= 4 is 17.5 Å². The van der Waals surface area contributed by atoms with Crippen LogP contribution in [0.15, 0.2) is 54.6 Å². The summed E-state index contributed by atoms with van der Waals surface area (Å²) < 4.78 is 5.23. The van der Waals surface area contributed by atoms with Crippen LogP contribution in [0.25, 0.3) is 0 Å². The van der Waals surface area contributed by atoms with Crippen LogP contribution in [0.5, 0.6) is 5.75 Å². The lowest BCUT2D eigenvalue weighted by Gasteiger charge is -2.28. The second-order valence-corrected chi connectivity index (χ2v) is 6.35. The molecule has 0 radical (unpaired) electrons. The first-order valence-electron chi connectivity index (χ1n) is 8.66. The van der Waals surface area contributed by atoms with E-state index in [1.54, 1.807) is 19.1 Å². The van der Waals surface area contributed by atoms with Crippen molar-refractivity contribution in [2.24, 2.45) is 5.92 Å². The molecule has 0 spiro atoms. The molecule has 134 valence electrons. The van der Waals surface area contributed by atoms with Crippen molar-refractivity contribution < 1.29 is 19.2 Å². The Kier molecular flexibility index (Phi) is 4.12. The molecule has 2 aromatic carbocycles. The zero-order chi connectivity index (χ0) is 18.3. The first-order valence-corrected chi connectivity index (χ1v) is 8.66. The van der Waals surface area contributed by atoms with E-state index in [0.717, 1.165) is 17.0 Å². The Morgan fingerprint density at radius 1 is 1.00 bits per heavy atom. The van der Waals surface area contributed by atoms with Crippen molar-refractivity contribution in [1.29, 1.82) is 0 Å². The second kappa shape index (κ2) is 6.46. The van der Waals surface area contributed by atoms with Crippen LogP contribution in [0, 0.1) is 5.92 Å². The van der Waals surface area contributed by atoms with Gasteiger partial charge in [0.15, 0.2) is 6.10 Å². The van der Waals surface area contributed by atoms with E-state index < -0.39 is 12.0 Å². The largest absolute Gasteiger partial charge is 0.497 e. The third kappa shape index (κ3) is 2.45. The summed E-state index contributed by atoms with van der Waals surface area (Å²) in [4.78, 5) is 32.8. The smallest absolute Gasteiger partial charge is 0.261 e. The van der Waals surface area contributed by atoms with Crippen molar-refractivity contribution in [1.82, 2.24) is 4.90 Å². The minimum absolute atomic E-state index is 0.179. The molecule has 2 fully saturated rings. The van der Waals surface area contributed by atoms with Gasteiger partial charge in [-0.2, -0.15) is 0 Å². The summed E-state index contributed by atoms with van der Waals surface area (Å²) in [5.74, 6) is -0.267. The standard InChI is InChI=1S/C20H20N2O4/c1-3-21-19(23)16-17(13-9-11-15(25-2)12-10-13)22(26-18(16)20(21)24)14-7-5-4-6-8-14/h4-12,16-18H,3H2,1-2H3/t16-,17-,18+/m1/s1. The van der Waals surface area contributed by atoms with Crippen LogP contribution in [0.4, 0.5) is 5.69 Å². The van der Waals surface area contributed by atoms with E-state index in [1.165, 1.54) is 4.90 Å². The number of para-hydroxylation sites is 1. The number of nitrogens with zero attached hydrogens (tertiary/aromatic N) is 2. The van der Waals surface area contributed by atoms with E-state index in [0.29, 0.717) is 6.54 Å². The van der Waals surface area contributed by atoms with Gasteiger partial charge in [-0.05, 0) is 36.8 Å². The third-order valence-corrected chi connectivity index (χ3v) is 4.99. The Hall–Kier alpha value is -2.86. The molecule has 0 unspecified atom stereocenters. The Balaban J connectivity index is 1.78. The minimum atomic E-state index is -0.783. The highest BCUT2D eigenvalue weighted by Crippen LogP contribution is 2.46. The summed E-state index contributed by atoms with van der Waals surface area (Å²) in [6.07, 6.45) is -0.783. The van der Waals surface area contributed by atoms with E-state index >= 15 is 0 Å². The van der Waals surface area contributed by atoms with Gasteiger partial charge < -0.3 is 4.74 Å². The summed E-state index contributed by atoms with van der Waals surface area (Å²) in [6, 6.07) is 16.7. The van der Waals surface area contributed by atoms with E-state index in [9.17, 15) is 9.59 Å². The predicted octanol–water partition coefficient (Wildman–Crippen LogP) is 2.56. The summed E-state index contributed by atoms with van der Waals surface area (Å²) in [5.41, 5.74) is 1.72. The molecule has 0 aromatic heterocycles. The number of methoxy groups -OCH3 is 1. The number of benzene rings is 2. The average molecular weight is 352 g/mol. The molecular formula is C20H20N2O4. The van der Waals surface area contributed by atoms with E-state index in [4.69, 9.17) is 9.57 Å². The number of carbonyl (C=O) groups excluding carboxylic acids is 2. The maximum absolute atomic E-state index is 12.9. The number of fused-ring (bicyclic) bond motifs is 1. The van der Waals surface area contributed by atoms with Gasteiger partial charge in [0.25, 0.3) is 5.91 Å². The number of likely N-dealkylation sites (N-methyl/N-ethyl adjacent to an activating group) is 1. The molecule has 0 saturated carbocycles. The highest BCUT2D eigenvalue weighted by atomic mass is 16.7. The second-order valence-electron chi connectivity index (χ2n) is 6.35. The molecule has 2 heterocycles. The quantitative estimate of drug-likeness (QED) is 0.792. The number of hydrogen-bond donors (Lipinski definition) is 0. The first kappa shape index (κ1) is 16.6. The molecule has 0 aliphatic carbocycles. The molecule has 2 amide bonds. The molecule has 3 atom stereocenters. The lowest BCUT2D eigenvalue weighted by atomic mass is 9.90. The van der Waals surface area contributed by atoms with Gasteiger partial charge in [-0.15, -0.1) is 0 Å². The molecule has 2 aromatic rings. The Morgan fingerprint density at radius 2 is 1.69 bits per heavy atom. The van der Waals surface area contributed by atoms with Gasteiger partial charge in [-0.3, -0.25) is 19.3 Å². The highest BCUT2D eigenvalue weighted by Gasteiger charge is 2.59. The molecule has 0 N–H and O–H groups in total. The fourth-order valence-corrected chi connectivity index (χ4v) is 3.72. The minimum Gasteiger partial charge on any atom is -0.497 e. The van der Waals surface area contributed by atoms with Crippen molar-refractivity contribution in [3.05, 3.63) is 60.2 Å². The van der Waals surface area contributed by atoms with E-state index in [-0.39, 0.29) is 17.9 Å². The predicted molar refractivity (Wildman–Crippen MR) is 95.4 cm³/mol. The number of rotatable bonds is 4. The van der Waals surface area contributed by atoms with Crippen LogP contribution in [-0.2, 0) is 14.4 Å². The third-order valence-electron chi connectivity index (χ3n) is 4.99. The molecule has 0 bridgehead atoms. The van der Waals surface area contributed by atoms with Crippen LogP contribution in [0.1, 0.15) is 18.5 Å². The van der Waals surface area contributed by atoms with Crippen LogP contribution in [0.2, 0.25) is 0 Å². The van der Waals surface area contributed by atoms with Crippen LogP contribution in [-0.4, -0.2) is 36.5 Å². The Labute approximate surface area is 151 Å². The molecule has 4 rings (SSSR count). The fourth-order valence-electron chi connectivity index (χ4n) is 3.72. The van der Waals surface area contributed by atoms with Gasteiger partial charge in [0, 0.05) is 6.54 Å². The zero-order valence-electron chi connectivity index (χ0n) is 14.7. The molecule has 6 heteroatoms.